The van der Waals surface area contributed by atoms with Crippen molar-refractivity contribution in [3.8, 4) is 0 Å². The average molecular weight is 411 g/mol. The Kier molecular flexibility index (Phi) is 7.03. The first-order valence-electron chi connectivity index (χ1n) is 8.92. The Morgan fingerprint density at radius 1 is 1.37 bits per heavy atom. The van der Waals surface area contributed by atoms with Gasteiger partial charge in [-0.25, -0.2) is 4.39 Å². The number of halogens is 1. The summed E-state index contributed by atoms with van der Waals surface area (Å²) in [5.41, 5.74) is 0.860. The summed E-state index contributed by atoms with van der Waals surface area (Å²) in [6, 6.07) is 5.94. The van der Waals surface area contributed by atoms with Crippen LogP contribution in [0.2, 0.25) is 0 Å². The highest BCUT2D eigenvalue weighted by molar-refractivity contribution is 8.02. The summed E-state index contributed by atoms with van der Waals surface area (Å²) in [5.74, 6) is -0.387. The number of anilines is 1. The Hall–Kier alpha value is -1.71. The lowest BCUT2D eigenvalue weighted by atomic mass is 10.1. The minimum atomic E-state index is -0.313. The molecule has 0 unspecified atom stereocenters. The molecule has 1 fully saturated rings. The van der Waals surface area contributed by atoms with Gasteiger partial charge in [-0.05, 0) is 44.4 Å². The molecule has 6 nitrogen and oxygen atoms in total. The van der Waals surface area contributed by atoms with Crippen LogP contribution in [-0.4, -0.2) is 40.6 Å². The highest BCUT2D eigenvalue weighted by atomic mass is 32.2. The topological polar surface area (TPSA) is 76.1 Å². The first kappa shape index (κ1) is 20.0. The van der Waals surface area contributed by atoms with Crippen molar-refractivity contribution in [2.75, 3.05) is 18.5 Å². The van der Waals surface area contributed by atoms with Crippen LogP contribution in [0.15, 0.2) is 28.6 Å². The lowest BCUT2D eigenvalue weighted by molar-refractivity contribution is -0.120. The van der Waals surface area contributed by atoms with Gasteiger partial charge in [0.1, 0.15) is 5.82 Å². The number of aromatic nitrogens is 2. The second-order valence-electron chi connectivity index (χ2n) is 6.43. The molecule has 27 heavy (non-hydrogen) atoms. The lowest BCUT2D eigenvalue weighted by Gasteiger charge is -2.17. The Labute approximate surface area is 166 Å². The molecule has 0 spiro atoms. The van der Waals surface area contributed by atoms with Crippen molar-refractivity contribution < 1.29 is 13.9 Å². The molecular weight excluding hydrogens is 387 g/mol. The predicted molar refractivity (Wildman–Crippen MR) is 106 cm³/mol. The number of nitrogens with one attached hydrogen (secondary N) is 2. The van der Waals surface area contributed by atoms with E-state index in [1.807, 2.05) is 13.8 Å². The van der Waals surface area contributed by atoms with Crippen molar-refractivity contribution in [1.82, 2.24) is 15.5 Å². The molecule has 2 heterocycles. The molecule has 1 aliphatic heterocycles. The molecule has 2 N–H and O–H groups in total. The number of thioether (sulfide) groups is 1. The molecular formula is C18H23FN4O2S2. The Balaban J connectivity index is 1.46. The zero-order valence-electron chi connectivity index (χ0n) is 15.3. The lowest BCUT2D eigenvalue weighted by Crippen LogP contribution is -2.33. The normalized spacial score (nSPS) is 18.9. The largest absolute Gasteiger partial charge is 0.376 e. The Morgan fingerprint density at radius 2 is 2.15 bits per heavy atom. The number of hydrogen-bond acceptors (Lipinski definition) is 7. The fourth-order valence-electron chi connectivity index (χ4n) is 2.71. The van der Waals surface area contributed by atoms with Gasteiger partial charge in [0.15, 0.2) is 4.34 Å². The van der Waals surface area contributed by atoms with E-state index in [-0.39, 0.29) is 29.1 Å². The van der Waals surface area contributed by atoms with Gasteiger partial charge in [0.25, 0.3) is 0 Å². The minimum Gasteiger partial charge on any atom is -0.376 e. The molecule has 146 valence electrons. The van der Waals surface area contributed by atoms with Crippen molar-refractivity contribution >= 4 is 34.1 Å². The van der Waals surface area contributed by atoms with E-state index >= 15 is 0 Å². The van der Waals surface area contributed by atoms with Gasteiger partial charge >= 0.3 is 0 Å². The van der Waals surface area contributed by atoms with Crippen molar-refractivity contribution in [3.63, 3.8) is 0 Å². The van der Waals surface area contributed by atoms with Gasteiger partial charge in [-0.2, -0.15) is 0 Å². The van der Waals surface area contributed by atoms with E-state index < -0.39 is 0 Å². The van der Waals surface area contributed by atoms with Crippen LogP contribution in [0.4, 0.5) is 9.52 Å². The van der Waals surface area contributed by atoms with Gasteiger partial charge in [0, 0.05) is 13.2 Å². The molecule has 0 aliphatic carbocycles. The number of benzene rings is 1. The van der Waals surface area contributed by atoms with Crippen LogP contribution in [0.25, 0.3) is 0 Å². The smallest absolute Gasteiger partial charge is 0.233 e. The van der Waals surface area contributed by atoms with Crippen molar-refractivity contribution in [2.24, 2.45) is 0 Å². The third-order valence-corrected chi connectivity index (χ3v) is 6.35. The third kappa shape index (κ3) is 5.88. The summed E-state index contributed by atoms with van der Waals surface area (Å²) in [4.78, 5) is 12.4. The second kappa shape index (κ2) is 9.48. The fourth-order valence-corrected chi connectivity index (χ4v) is 4.62. The number of amides is 1. The maximum absolute atomic E-state index is 13.0. The van der Waals surface area contributed by atoms with Crippen LogP contribution in [0, 0.1) is 5.82 Å². The average Bonchev–Trinajstić information content (AvgIpc) is 3.32. The molecule has 1 aliphatic rings. The maximum Gasteiger partial charge on any atom is 0.233 e. The summed E-state index contributed by atoms with van der Waals surface area (Å²) >= 11 is 2.80. The Bertz CT molecular complexity index is 750. The molecule has 1 saturated heterocycles. The molecule has 0 saturated carbocycles. The van der Waals surface area contributed by atoms with Crippen molar-refractivity contribution in [2.45, 2.75) is 48.4 Å². The zero-order valence-corrected chi connectivity index (χ0v) is 16.9. The first-order valence-corrected chi connectivity index (χ1v) is 10.6. The number of rotatable bonds is 8. The zero-order chi connectivity index (χ0) is 19.2. The summed E-state index contributed by atoms with van der Waals surface area (Å²) in [5, 5.41) is 14.9. The molecule has 1 aromatic heterocycles. The van der Waals surface area contributed by atoms with Gasteiger partial charge < -0.3 is 15.4 Å². The van der Waals surface area contributed by atoms with Gasteiger partial charge in [0.2, 0.25) is 11.0 Å². The molecule has 0 radical (unpaired) electrons. The van der Waals surface area contributed by atoms with Crippen LogP contribution >= 0.6 is 23.1 Å². The molecule has 1 amide bonds. The summed E-state index contributed by atoms with van der Waals surface area (Å²) in [6.07, 6.45) is 2.41. The van der Waals surface area contributed by atoms with Crippen LogP contribution < -0.4 is 10.6 Å². The second-order valence-corrected chi connectivity index (χ2v) is 9.00. The predicted octanol–water partition coefficient (Wildman–Crippen LogP) is 3.63. The molecule has 1 aromatic carbocycles. The van der Waals surface area contributed by atoms with E-state index in [4.69, 9.17) is 4.74 Å². The van der Waals surface area contributed by atoms with Crippen LogP contribution in [0.3, 0.4) is 0 Å². The number of ether oxygens (including phenoxy) is 1. The van der Waals surface area contributed by atoms with E-state index in [0.29, 0.717) is 0 Å². The van der Waals surface area contributed by atoms with E-state index in [1.54, 1.807) is 12.1 Å². The number of hydrogen-bond donors (Lipinski definition) is 2. The summed E-state index contributed by atoms with van der Waals surface area (Å²) < 4.78 is 19.3. The van der Waals surface area contributed by atoms with Crippen molar-refractivity contribution in [1.29, 1.82) is 0 Å². The van der Waals surface area contributed by atoms with E-state index in [2.05, 4.69) is 20.8 Å². The molecule has 3 atom stereocenters. The SMILES string of the molecule is C[C@@H](Sc1nnc(NC[C@@H]2CCCO2)s1)C(=O)N[C@H](C)c1ccc(F)cc1. The number of carbonyl (C=O) groups excluding carboxylic acids is 1. The standard InChI is InChI=1S/C18H23FN4O2S2/c1-11(13-5-7-14(19)8-6-13)21-16(24)12(2)26-18-23-22-17(27-18)20-10-15-4-3-9-25-15/h5-8,11-12,15H,3-4,9-10H2,1-2H3,(H,20,22)(H,21,24)/t11-,12-,15+/m1/s1. The van der Waals surface area contributed by atoms with Crippen LogP contribution in [0.5, 0.6) is 0 Å². The van der Waals surface area contributed by atoms with Crippen LogP contribution in [-0.2, 0) is 9.53 Å². The summed E-state index contributed by atoms with van der Waals surface area (Å²) in [6.45, 7) is 5.26. The monoisotopic (exact) mass is 410 g/mol. The number of carbonyl (C=O) groups is 1. The van der Waals surface area contributed by atoms with E-state index in [0.717, 1.165) is 41.0 Å². The van der Waals surface area contributed by atoms with Crippen molar-refractivity contribution in [3.05, 3.63) is 35.6 Å². The molecule has 0 bridgehead atoms. The van der Waals surface area contributed by atoms with Gasteiger partial charge in [0.05, 0.1) is 17.4 Å². The van der Waals surface area contributed by atoms with Gasteiger partial charge in [-0.15, -0.1) is 10.2 Å². The van der Waals surface area contributed by atoms with E-state index in [1.165, 1.54) is 35.2 Å². The van der Waals surface area contributed by atoms with E-state index in [9.17, 15) is 9.18 Å². The molecule has 3 rings (SSSR count). The quantitative estimate of drug-likeness (QED) is 0.648. The molecule has 2 aromatic rings. The highest BCUT2D eigenvalue weighted by Crippen LogP contribution is 2.29. The first-order chi connectivity index (χ1) is 13.0. The number of nitrogens with zero attached hydrogens (tertiary/aromatic N) is 2. The Morgan fingerprint density at radius 3 is 2.85 bits per heavy atom. The van der Waals surface area contributed by atoms with Crippen LogP contribution in [0.1, 0.15) is 38.3 Å². The maximum atomic E-state index is 13.0. The van der Waals surface area contributed by atoms with Gasteiger partial charge in [-0.3, -0.25) is 4.79 Å². The fraction of sp³-hybridized carbons (Fsp3) is 0.500. The highest BCUT2D eigenvalue weighted by Gasteiger charge is 2.20. The van der Waals surface area contributed by atoms with Gasteiger partial charge in [-0.1, -0.05) is 35.2 Å². The minimum absolute atomic E-state index is 0.0964. The third-order valence-electron chi connectivity index (χ3n) is 4.29. The molecule has 9 heteroatoms. The summed E-state index contributed by atoms with van der Waals surface area (Å²) in [7, 11) is 0.